The largest absolute Gasteiger partial charge is 0.357 e. The minimum absolute atomic E-state index is 0.0303. The van der Waals surface area contributed by atoms with E-state index >= 15 is 13.2 Å². The number of rotatable bonds is 20. The molecule has 0 radical (unpaired) electrons. The van der Waals surface area contributed by atoms with Gasteiger partial charge in [0.15, 0.2) is 0 Å². The number of aromatic nitrogens is 5. The quantitative estimate of drug-likeness (QED) is 0.0490. The number of aromatic amines is 5. The van der Waals surface area contributed by atoms with Gasteiger partial charge in [0, 0.05) is 190 Å². The van der Waals surface area contributed by atoms with Gasteiger partial charge in [0.25, 0.3) is 17.8 Å². The van der Waals surface area contributed by atoms with Crippen molar-refractivity contribution in [2.45, 2.75) is 230 Å². The lowest BCUT2D eigenvalue weighted by atomic mass is 9.87. The first-order chi connectivity index (χ1) is 67.0. The van der Waals surface area contributed by atoms with Gasteiger partial charge in [0.2, 0.25) is 0 Å². The van der Waals surface area contributed by atoms with Crippen LogP contribution in [0.4, 0.5) is 65.9 Å². The fraction of sp³-hybridized carbons (Fsp3) is 0.369. The van der Waals surface area contributed by atoms with Crippen LogP contribution in [-0.2, 0) is 32.1 Å². The maximum atomic E-state index is 15.1. The van der Waals surface area contributed by atoms with Crippen LogP contribution in [0.1, 0.15) is 223 Å². The summed E-state index contributed by atoms with van der Waals surface area (Å²) in [7, 11) is 0. The Labute approximate surface area is 853 Å². The fourth-order valence-electron chi connectivity index (χ4n) is 21.2. The summed E-state index contributed by atoms with van der Waals surface area (Å²) in [5.74, 6) is -12.9. The Hall–Kier alpha value is -8.95. The molecule has 0 saturated heterocycles. The van der Waals surface area contributed by atoms with E-state index in [1.165, 1.54) is 72.2 Å². The number of fused-ring (bicyclic) bond motifs is 15. The molecule has 10 heterocycles. The second-order valence-corrected chi connectivity index (χ2v) is 43.0. The molecule has 141 heavy (non-hydrogen) atoms. The normalized spacial score (nSPS) is 20.9. The van der Waals surface area contributed by atoms with E-state index in [2.05, 4.69) is 124 Å². The van der Waals surface area contributed by atoms with Crippen LogP contribution >= 0.6 is 79.6 Å². The maximum Gasteiger partial charge on any atom is 0.260 e. The second kappa shape index (κ2) is 43.0. The Morgan fingerprint density at radius 3 is 0.858 bits per heavy atom. The molecular formula is C111H112Br5F15N10. The summed E-state index contributed by atoms with van der Waals surface area (Å²) in [6.07, 6.45) is 2.23. The van der Waals surface area contributed by atoms with Crippen LogP contribution in [0.5, 0.6) is 0 Å². The first kappa shape index (κ1) is 105. The molecule has 0 spiro atoms. The van der Waals surface area contributed by atoms with E-state index in [0.717, 1.165) is 111 Å². The highest BCUT2D eigenvalue weighted by molar-refractivity contribution is 9.11. The Morgan fingerprint density at radius 2 is 0.560 bits per heavy atom. The molecule has 5 aromatic heterocycles. The van der Waals surface area contributed by atoms with Gasteiger partial charge in [-0.15, -0.1) is 0 Å². The highest BCUT2D eigenvalue weighted by Crippen LogP contribution is 2.51. The van der Waals surface area contributed by atoms with E-state index in [-0.39, 0.29) is 96.3 Å². The molecular weight excluding hydrogens is 2160 g/mol. The Morgan fingerprint density at radius 1 is 0.305 bits per heavy atom. The van der Waals surface area contributed by atoms with Gasteiger partial charge in [-0.1, -0.05) is 223 Å². The number of nitrogens with zero attached hydrogens (tertiary/aromatic N) is 5. The molecule has 10 aromatic carbocycles. The predicted octanol–water partition coefficient (Wildman–Crippen LogP) is 32.3. The fourth-order valence-corrected chi connectivity index (χ4v) is 23.0. The second-order valence-electron chi connectivity index (χ2n) is 38.4. The first-order valence-corrected chi connectivity index (χ1v) is 51.9. The van der Waals surface area contributed by atoms with Crippen LogP contribution in [0.25, 0.3) is 54.5 Å². The van der Waals surface area contributed by atoms with Crippen LogP contribution in [0.15, 0.2) is 223 Å². The molecule has 746 valence electrons. The number of para-hydroxylation sites is 5. The van der Waals surface area contributed by atoms with Gasteiger partial charge in [0.1, 0.15) is 52.6 Å². The van der Waals surface area contributed by atoms with E-state index in [1.54, 1.807) is 44.7 Å². The Balaban J connectivity index is 0.000000127. The van der Waals surface area contributed by atoms with Gasteiger partial charge in [-0.05, 0) is 211 Å². The van der Waals surface area contributed by atoms with Gasteiger partial charge in [0.05, 0.1) is 49.8 Å². The lowest BCUT2D eigenvalue weighted by Crippen LogP contribution is -2.48. The SMILES string of the molecule is CCC(C)(F)CN1C(C)Cc2c([nH]c3ccccc23)C1c1c(F)cc(Br)cc1F.CCC(F)(F)CN1C(C)Cc2c([nH]c3ccccc23)C1c1c(F)cc(Br)cc1F.CCC(F)(F)CN1C(C)Cc2c([nH]c3ccccc23)C1c1ccc(Br)cc1.CCC(F)(F)CN1C(C)Cc2c([nH]c3ccccc23)C1c1ccc(Br)cc1F.CCC(F)CN1C(C)Cc2c([nH]c3ccccc23)C1c1c(F)cc(Br)cc1F. The average molecular weight is 2270 g/mol. The number of alkyl halides is 8. The molecule has 0 saturated carbocycles. The zero-order valence-electron chi connectivity index (χ0n) is 79.8. The molecule has 10 nitrogen and oxygen atoms in total. The number of H-pyrrole nitrogens is 5. The molecule has 0 amide bonds. The number of nitrogens with one attached hydrogen (secondary N) is 5. The third kappa shape index (κ3) is 22.0. The lowest BCUT2D eigenvalue weighted by Gasteiger charge is -2.43. The molecule has 5 aliphatic rings. The van der Waals surface area contributed by atoms with E-state index in [9.17, 15) is 52.7 Å². The standard InChI is InChI=1S/C23H24BrF3N2.C22H21BrF4N2.2C22H22BrF3N2.C22H23BrF2N2/c1-4-23(3,27)12-29-13(2)9-16-15-7-5-6-8-19(15)28-21(16)22(29)20-17(25)10-14(24)11-18(20)26;1-3-22(26,27)11-29-12(2)8-15-14-6-4-5-7-18(14)28-20(15)21(29)19-16(24)9-13(23)10-17(19)25;1-3-14(24)11-28-12(2)8-16-15-6-4-5-7-19(15)27-21(16)22(28)20-17(25)9-13(23)10-18(20)26;1-3-22(25,26)12-28-13(2)10-17-15-6-4-5-7-19(15)27-20(17)21(28)16-9-8-14(23)11-18(16)24;1-3-22(24,25)13-27-14(2)12-18-17-6-4-5-7-19(17)26-20(18)21(27)15-8-10-16(23)11-9-15/h5-8,10-11,13,22,28H,4,9,12H2,1-3H3;4-7,9-10,12,21,28H,3,8,11H2,1-2H3;4-7,9-10,12,14,22,27H,3,8,11H2,1-2H3;4-9,11,13,21,27H,3,10,12H2,1-2H3;4-11,14,21,26H,3,12-13H2,1-2H3. The van der Waals surface area contributed by atoms with E-state index in [0.29, 0.717) is 63.2 Å². The van der Waals surface area contributed by atoms with Crippen molar-refractivity contribution in [1.82, 2.24) is 49.4 Å². The molecule has 15 aromatic rings. The first-order valence-electron chi connectivity index (χ1n) is 47.9. The summed E-state index contributed by atoms with van der Waals surface area (Å²) in [6.45, 7) is 18.4. The zero-order chi connectivity index (χ0) is 101. The Kier molecular flexibility index (Phi) is 32.0. The minimum Gasteiger partial charge on any atom is -0.357 e. The summed E-state index contributed by atoms with van der Waals surface area (Å²) < 4.78 is 223. The monoisotopic (exact) mass is 2260 g/mol. The van der Waals surface area contributed by atoms with Crippen molar-refractivity contribution in [3.8, 4) is 0 Å². The van der Waals surface area contributed by atoms with Crippen LogP contribution in [-0.4, -0.2) is 142 Å². The lowest BCUT2D eigenvalue weighted by molar-refractivity contribution is -0.0553. The zero-order valence-corrected chi connectivity index (χ0v) is 87.7. The predicted molar refractivity (Wildman–Crippen MR) is 551 cm³/mol. The van der Waals surface area contributed by atoms with Crippen molar-refractivity contribution in [2.75, 3.05) is 32.7 Å². The molecule has 5 N–H and O–H groups in total. The number of halogens is 20. The molecule has 0 aliphatic carbocycles. The van der Waals surface area contributed by atoms with Crippen molar-refractivity contribution in [1.29, 1.82) is 0 Å². The number of benzene rings is 10. The van der Waals surface area contributed by atoms with E-state index < -0.39 is 108 Å². The van der Waals surface area contributed by atoms with E-state index in [4.69, 9.17) is 0 Å². The summed E-state index contributed by atoms with van der Waals surface area (Å²) in [4.78, 5) is 26.0. The number of hydrogen-bond donors (Lipinski definition) is 5. The highest BCUT2D eigenvalue weighted by Gasteiger charge is 2.49. The molecule has 12 unspecified atom stereocenters. The molecule has 20 rings (SSSR count). The van der Waals surface area contributed by atoms with Crippen molar-refractivity contribution in [3.63, 3.8) is 0 Å². The van der Waals surface area contributed by atoms with Gasteiger partial charge in [-0.25, -0.2) is 65.9 Å². The van der Waals surface area contributed by atoms with Crippen LogP contribution in [0.3, 0.4) is 0 Å². The van der Waals surface area contributed by atoms with Crippen molar-refractivity contribution < 1.29 is 65.9 Å². The van der Waals surface area contributed by atoms with Crippen molar-refractivity contribution >= 4 is 134 Å². The molecule has 30 heteroatoms. The topological polar surface area (TPSA) is 95.2 Å². The summed E-state index contributed by atoms with van der Waals surface area (Å²) >= 11 is 16.2. The highest BCUT2D eigenvalue weighted by atomic mass is 79.9. The third-order valence-corrected chi connectivity index (χ3v) is 31.3. The van der Waals surface area contributed by atoms with Crippen LogP contribution < -0.4 is 0 Å². The number of hydrogen-bond acceptors (Lipinski definition) is 5. The smallest absolute Gasteiger partial charge is 0.260 e. The van der Waals surface area contributed by atoms with Crippen LogP contribution in [0.2, 0.25) is 0 Å². The van der Waals surface area contributed by atoms with Gasteiger partial charge >= 0.3 is 0 Å². The third-order valence-electron chi connectivity index (χ3n) is 28.9. The van der Waals surface area contributed by atoms with E-state index in [1.807, 2.05) is 176 Å². The van der Waals surface area contributed by atoms with Crippen molar-refractivity contribution in [3.05, 3.63) is 347 Å². The summed E-state index contributed by atoms with van der Waals surface area (Å²) in [5, 5.41) is 5.34. The van der Waals surface area contributed by atoms with Crippen molar-refractivity contribution in [2.24, 2.45) is 0 Å². The van der Waals surface area contributed by atoms with Crippen LogP contribution in [0, 0.1) is 40.7 Å². The Bertz CT molecular complexity index is 6770. The maximum absolute atomic E-state index is 15.1. The van der Waals surface area contributed by atoms with Gasteiger partial charge in [-0.3, -0.25) is 24.5 Å². The molecule has 0 fully saturated rings. The average Bonchev–Trinajstić information content (AvgIpc) is 1.63. The molecule has 12 atom stereocenters. The summed E-state index contributed by atoms with van der Waals surface area (Å²) in [5.41, 5.74) is 13.7. The molecule has 0 bridgehead atoms. The summed E-state index contributed by atoms with van der Waals surface area (Å²) in [6, 6.07) is 56.0. The minimum atomic E-state index is -2.96. The van der Waals surface area contributed by atoms with Gasteiger partial charge < -0.3 is 24.9 Å². The molecule has 5 aliphatic heterocycles. The van der Waals surface area contributed by atoms with Gasteiger partial charge in [-0.2, -0.15) is 0 Å².